The van der Waals surface area contributed by atoms with E-state index in [4.69, 9.17) is 5.73 Å². The number of hydrogen-bond donors (Lipinski definition) is 1. The first-order valence-electron chi connectivity index (χ1n) is 6.91. The van der Waals surface area contributed by atoms with Gasteiger partial charge in [-0.3, -0.25) is 0 Å². The van der Waals surface area contributed by atoms with E-state index in [0.29, 0.717) is 0 Å². The number of anilines is 1. The maximum absolute atomic E-state index is 14.1. The van der Waals surface area contributed by atoms with E-state index in [9.17, 15) is 4.39 Å². The Bertz CT molecular complexity index is 403. The molecule has 1 saturated heterocycles. The zero-order valence-corrected chi connectivity index (χ0v) is 11.3. The molecule has 100 valence electrons. The topological polar surface area (TPSA) is 29.3 Å². The van der Waals surface area contributed by atoms with Crippen LogP contribution in [0.25, 0.3) is 0 Å². The molecular weight excluding hydrogens is 227 g/mol. The zero-order valence-electron chi connectivity index (χ0n) is 11.3. The summed E-state index contributed by atoms with van der Waals surface area (Å²) in [4.78, 5) is 2.17. The zero-order chi connectivity index (χ0) is 13.1. The highest BCUT2D eigenvalue weighted by molar-refractivity contribution is 5.50. The Hall–Kier alpha value is -1.09. The minimum Gasteiger partial charge on any atom is -0.369 e. The molecule has 1 aromatic rings. The molecule has 0 amide bonds. The van der Waals surface area contributed by atoms with Gasteiger partial charge in [0.05, 0.1) is 5.69 Å². The van der Waals surface area contributed by atoms with Gasteiger partial charge in [0.15, 0.2) is 0 Å². The minimum atomic E-state index is -0.137. The second-order valence-corrected chi connectivity index (χ2v) is 5.39. The number of rotatable bonds is 4. The summed E-state index contributed by atoms with van der Waals surface area (Å²) in [5, 5.41) is 0. The molecule has 2 nitrogen and oxygen atoms in total. The summed E-state index contributed by atoms with van der Waals surface area (Å²) in [5.41, 5.74) is 7.36. The lowest BCUT2D eigenvalue weighted by atomic mass is 10.0. The molecule has 3 heteroatoms. The third-order valence-corrected chi connectivity index (χ3v) is 3.82. The molecular formula is C15H23FN2. The molecule has 2 N–H and O–H groups in total. The Morgan fingerprint density at radius 3 is 2.89 bits per heavy atom. The minimum absolute atomic E-state index is 0.111. The predicted octanol–water partition coefficient (Wildman–Crippen LogP) is 3.47. The van der Waals surface area contributed by atoms with Crippen molar-refractivity contribution in [1.29, 1.82) is 0 Å². The van der Waals surface area contributed by atoms with E-state index in [2.05, 4.69) is 11.8 Å². The van der Waals surface area contributed by atoms with Gasteiger partial charge in [0.2, 0.25) is 0 Å². The summed E-state index contributed by atoms with van der Waals surface area (Å²) in [7, 11) is 0. The van der Waals surface area contributed by atoms with Crippen LogP contribution in [-0.4, -0.2) is 13.1 Å². The van der Waals surface area contributed by atoms with Crippen molar-refractivity contribution in [2.45, 2.75) is 39.2 Å². The second-order valence-electron chi connectivity index (χ2n) is 5.39. The third-order valence-electron chi connectivity index (χ3n) is 3.82. The van der Waals surface area contributed by atoms with Crippen molar-refractivity contribution in [3.8, 4) is 0 Å². The molecule has 0 bridgehead atoms. The Kier molecular flexibility index (Phi) is 4.23. The highest BCUT2D eigenvalue weighted by Gasteiger charge is 2.23. The number of benzene rings is 1. The molecule has 2 unspecified atom stereocenters. The van der Waals surface area contributed by atoms with Crippen LogP contribution in [-0.2, 0) is 0 Å². The molecule has 1 heterocycles. The summed E-state index contributed by atoms with van der Waals surface area (Å²) in [6, 6.07) is 5.28. The summed E-state index contributed by atoms with van der Waals surface area (Å²) in [6.45, 7) is 6.05. The molecule has 0 aliphatic carbocycles. The summed E-state index contributed by atoms with van der Waals surface area (Å²) in [6.07, 6.45) is 3.64. The molecule has 0 radical (unpaired) electrons. The Morgan fingerprint density at radius 2 is 2.28 bits per heavy atom. The molecule has 18 heavy (non-hydrogen) atoms. The van der Waals surface area contributed by atoms with E-state index in [1.54, 1.807) is 6.07 Å². The highest BCUT2D eigenvalue weighted by Crippen LogP contribution is 2.29. The van der Waals surface area contributed by atoms with Crippen LogP contribution in [0.2, 0.25) is 0 Å². The van der Waals surface area contributed by atoms with Crippen LogP contribution >= 0.6 is 0 Å². The number of nitrogens with zero attached hydrogens (tertiary/aromatic N) is 1. The van der Waals surface area contributed by atoms with Crippen LogP contribution in [0.1, 0.15) is 44.7 Å². The van der Waals surface area contributed by atoms with E-state index in [1.165, 1.54) is 19.3 Å². The normalized spacial score (nSPS) is 21.3. The van der Waals surface area contributed by atoms with Gasteiger partial charge in [0.1, 0.15) is 5.82 Å². The van der Waals surface area contributed by atoms with Gasteiger partial charge in [-0.25, -0.2) is 4.39 Å². The third kappa shape index (κ3) is 2.83. The fourth-order valence-corrected chi connectivity index (χ4v) is 2.76. The SMILES string of the molecule is CCCC1CCN(c2ccc(C(C)N)cc2F)C1. The lowest BCUT2D eigenvalue weighted by Gasteiger charge is -2.20. The van der Waals surface area contributed by atoms with E-state index in [-0.39, 0.29) is 11.9 Å². The van der Waals surface area contributed by atoms with Crippen molar-refractivity contribution in [3.63, 3.8) is 0 Å². The van der Waals surface area contributed by atoms with Crippen LogP contribution in [0.3, 0.4) is 0 Å². The van der Waals surface area contributed by atoms with Crippen molar-refractivity contribution >= 4 is 5.69 Å². The second kappa shape index (κ2) is 5.70. The summed E-state index contributed by atoms with van der Waals surface area (Å²) < 4.78 is 14.1. The molecule has 2 rings (SSSR count). The van der Waals surface area contributed by atoms with Crippen LogP contribution in [0.4, 0.5) is 10.1 Å². The van der Waals surface area contributed by atoms with E-state index >= 15 is 0 Å². The average molecular weight is 250 g/mol. The summed E-state index contributed by atoms with van der Waals surface area (Å²) in [5.74, 6) is 0.587. The number of hydrogen-bond acceptors (Lipinski definition) is 2. The molecule has 2 atom stereocenters. The molecule has 1 aliphatic heterocycles. The monoisotopic (exact) mass is 250 g/mol. The van der Waals surface area contributed by atoms with Gasteiger partial charge in [0, 0.05) is 19.1 Å². The largest absolute Gasteiger partial charge is 0.369 e. The van der Waals surface area contributed by atoms with Crippen molar-refractivity contribution < 1.29 is 4.39 Å². The van der Waals surface area contributed by atoms with Gasteiger partial charge < -0.3 is 10.6 Å². The molecule has 1 aromatic carbocycles. The smallest absolute Gasteiger partial charge is 0.146 e. The maximum atomic E-state index is 14.1. The van der Waals surface area contributed by atoms with Crippen LogP contribution in [0.15, 0.2) is 18.2 Å². The van der Waals surface area contributed by atoms with Crippen LogP contribution in [0, 0.1) is 11.7 Å². The Morgan fingerprint density at radius 1 is 1.50 bits per heavy atom. The van der Waals surface area contributed by atoms with E-state index < -0.39 is 0 Å². The molecule has 1 aliphatic rings. The van der Waals surface area contributed by atoms with Crippen molar-refractivity contribution in [2.75, 3.05) is 18.0 Å². The van der Waals surface area contributed by atoms with Crippen LogP contribution < -0.4 is 10.6 Å². The summed E-state index contributed by atoms with van der Waals surface area (Å²) >= 11 is 0. The van der Waals surface area contributed by atoms with Crippen molar-refractivity contribution in [1.82, 2.24) is 0 Å². The first kappa shape index (κ1) is 13.3. The fourth-order valence-electron chi connectivity index (χ4n) is 2.76. The predicted molar refractivity (Wildman–Crippen MR) is 74.2 cm³/mol. The van der Waals surface area contributed by atoms with E-state index in [0.717, 1.165) is 30.3 Å². The first-order chi connectivity index (χ1) is 8.61. The van der Waals surface area contributed by atoms with Crippen LogP contribution in [0.5, 0.6) is 0 Å². The average Bonchev–Trinajstić information content (AvgIpc) is 2.77. The standard InChI is InChI=1S/C15H23FN2/c1-3-4-12-7-8-18(10-12)15-6-5-13(11(2)17)9-14(15)16/h5-6,9,11-12H,3-4,7-8,10,17H2,1-2H3. The first-order valence-corrected chi connectivity index (χ1v) is 6.91. The van der Waals surface area contributed by atoms with Crippen molar-refractivity contribution in [2.24, 2.45) is 11.7 Å². The van der Waals surface area contributed by atoms with Gasteiger partial charge in [-0.05, 0) is 43.4 Å². The van der Waals surface area contributed by atoms with E-state index in [1.807, 2.05) is 19.1 Å². The Balaban J connectivity index is 2.10. The number of nitrogens with two attached hydrogens (primary N) is 1. The Labute approximate surface area is 109 Å². The van der Waals surface area contributed by atoms with Gasteiger partial charge in [0.25, 0.3) is 0 Å². The van der Waals surface area contributed by atoms with Gasteiger partial charge >= 0.3 is 0 Å². The quantitative estimate of drug-likeness (QED) is 0.886. The van der Waals surface area contributed by atoms with Gasteiger partial charge in [-0.15, -0.1) is 0 Å². The molecule has 0 saturated carbocycles. The van der Waals surface area contributed by atoms with Gasteiger partial charge in [-0.2, -0.15) is 0 Å². The molecule has 0 aromatic heterocycles. The lowest BCUT2D eigenvalue weighted by Crippen LogP contribution is -2.21. The highest BCUT2D eigenvalue weighted by atomic mass is 19.1. The fraction of sp³-hybridized carbons (Fsp3) is 0.600. The molecule has 0 spiro atoms. The van der Waals surface area contributed by atoms with Crippen molar-refractivity contribution in [3.05, 3.63) is 29.6 Å². The lowest BCUT2D eigenvalue weighted by molar-refractivity contribution is 0.528. The van der Waals surface area contributed by atoms with Gasteiger partial charge in [-0.1, -0.05) is 19.4 Å². The maximum Gasteiger partial charge on any atom is 0.146 e. The number of halogens is 1. The molecule has 1 fully saturated rings.